The Morgan fingerprint density at radius 2 is 1.36 bits per heavy atom. The summed E-state index contributed by atoms with van der Waals surface area (Å²) in [7, 11) is 0. The lowest BCUT2D eigenvalue weighted by atomic mass is 9.64. The minimum atomic E-state index is -0.822. The first-order chi connectivity index (χ1) is 9.93. The highest BCUT2D eigenvalue weighted by Gasteiger charge is 2.44. The zero-order valence-corrected chi connectivity index (χ0v) is 14.1. The van der Waals surface area contributed by atoms with Crippen LogP contribution in [0.25, 0.3) is 0 Å². The normalized spacial score (nSPS) is 27.2. The molecule has 0 radical (unpaired) electrons. The maximum absolute atomic E-state index is 12.4. The molecule has 2 rings (SSSR count). The summed E-state index contributed by atoms with van der Waals surface area (Å²) in [5, 5.41) is 12.4. The highest BCUT2D eigenvalue weighted by Crippen LogP contribution is 2.42. The fraction of sp³-hybridized carbons (Fsp3) is 0.722. The lowest BCUT2D eigenvalue weighted by molar-refractivity contribution is -0.313. The summed E-state index contributed by atoms with van der Waals surface area (Å²) in [6, 6.07) is 0. The lowest BCUT2D eigenvalue weighted by Crippen LogP contribution is -2.43. The molecule has 1 saturated carbocycles. The van der Waals surface area contributed by atoms with E-state index in [-0.39, 0.29) is 39.5 Å². The quantitative estimate of drug-likeness (QED) is 0.733. The Morgan fingerprint density at radius 1 is 0.909 bits per heavy atom. The van der Waals surface area contributed by atoms with Crippen LogP contribution in [0.1, 0.15) is 60.3 Å². The fourth-order valence-corrected chi connectivity index (χ4v) is 3.92. The van der Waals surface area contributed by atoms with Crippen molar-refractivity contribution in [3.8, 4) is 0 Å². The van der Waals surface area contributed by atoms with Crippen LogP contribution in [-0.4, -0.2) is 17.3 Å². The Hall–Kier alpha value is -1.45. The average Bonchev–Trinajstić information content (AvgIpc) is 2.21. The van der Waals surface area contributed by atoms with Crippen molar-refractivity contribution in [3.05, 3.63) is 11.3 Å². The molecule has 0 saturated heterocycles. The van der Waals surface area contributed by atoms with Crippen molar-refractivity contribution in [1.82, 2.24) is 0 Å². The van der Waals surface area contributed by atoms with E-state index in [4.69, 9.17) is 0 Å². The third kappa shape index (κ3) is 3.16. The van der Waals surface area contributed by atoms with Gasteiger partial charge in [-0.15, -0.1) is 5.76 Å². The molecule has 4 heteroatoms. The molecule has 0 heterocycles. The molecular weight excluding hydrogens is 280 g/mol. The molecule has 0 bridgehead atoms. The van der Waals surface area contributed by atoms with Gasteiger partial charge in [-0.05, 0) is 22.8 Å². The summed E-state index contributed by atoms with van der Waals surface area (Å²) in [5.41, 5.74) is -0.469. The molecule has 22 heavy (non-hydrogen) atoms. The average molecular weight is 305 g/mol. The van der Waals surface area contributed by atoms with Gasteiger partial charge >= 0.3 is 0 Å². The largest absolute Gasteiger partial charge is 0.875 e. The van der Waals surface area contributed by atoms with Gasteiger partial charge in [-0.1, -0.05) is 34.6 Å². The molecule has 2 aliphatic rings. The van der Waals surface area contributed by atoms with Crippen LogP contribution in [0, 0.1) is 22.7 Å². The number of rotatable bonds is 2. The van der Waals surface area contributed by atoms with E-state index in [9.17, 15) is 19.5 Å². The van der Waals surface area contributed by atoms with Gasteiger partial charge in [0.05, 0.1) is 5.92 Å². The first-order valence-corrected chi connectivity index (χ1v) is 7.92. The molecule has 1 atom stereocenters. The summed E-state index contributed by atoms with van der Waals surface area (Å²) in [5.74, 6) is -2.07. The molecule has 0 aromatic rings. The molecule has 0 spiro atoms. The van der Waals surface area contributed by atoms with Gasteiger partial charge in [0.1, 0.15) is 11.6 Å². The van der Waals surface area contributed by atoms with E-state index in [2.05, 4.69) is 0 Å². The van der Waals surface area contributed by atoms with Gasteiger partial charge < -0.3 is 5.11 Å². The third-order valence-corrected chi connectivity index (χ3v) is 4.83. The predicted molar refractivity (Wildman–Crippen MR) is 80.7 cm³/mol. The Kier molecular flexibility index (Phi) is 4.09. The van der Waals surface area contributed by atoms with Crippen molar-refractivity contribution >= 4 is 17.3 Å². The highest BCUT2D eigenvalue weighted by atomic mass is 16.3. The van der Waals surface area contributed by atoms with Crippen molar-refractivity contribution < 1.29 is 19.5 Å². The van der Waals surface area contributed by atoms with Crippen LogP contribution in [0.15, 0.2) is 11.3 Å². The monoisotopic (exact) mass is 305 g/mol. The van der Waals surface area contributed by atoms with Gasteiger partial charge in [-0.2, -0.15) is 0 Å². The second kappa shape index (κ2) is 5.32. The Labute approximate surface area is 132 Å². The summed E-state index contributed by atoms with van der Waals surface area (Å²) in [6.45, 7) is 9.27. The van der Waals surface area contributed by atoms with Crippen molar-refractivity contribution in [2.24, 2.45) is 22.7 Å². The van der Waals surface area contributed by atoms with Gasteiger partial charge in [0.25, 0.3) is 0 Å². The fourth-order valence-electron chi connectivity index (χ4n) is 3.92. The van der Waals surface area contributed by atoms with E-state index in [1.54, 1.807) is 6.92 Å². The van der Waals surface area contributed by atoms with Crippen molar-refractivity contribution in [2.75, 3.05) is 0 Å². The molecule has 1 unspecified atom stereocenters. The first-order valence-electron chi connectivity index (χ1n) is 7.92. The molecule has 4 nitrogen and oxygen atoms in total. The second-order valence-corrected chi connectivity index (χ2v) is 8.49. The lowest BCUT2D eigenvalue weighted by Gasteiger charge is -2.40. The third-order valence-electron chi connectivity index (χ3n) is 4.83. The van der Waals surface area contributed by atoms with E-state index in [1.807, 2.05) is 27.7 Å². The van der Waals surface area contributed by atoms with Crippen LogP contribution < -0.4 is 5.11 Å². The number of ketones is 3. The van der Waals surface area contributed by atoms with Crippen LogP contribution in [0.3, 0.4) is 0 Å². The van der Waals surface area contributed by atoms with Crippen molar-refractivity contribution in [1.29, 1.82) is 0 Å². The van der Waals surface area contributed by atoms with Gasteiger partial charge in [0.2, 0.25) is 0 Å². The predicted octanol–water partition coefficient (Wildman–Crippen LogP) is 2.20. The zero-order valence-electron chi connectivity index (χ0n) is 14.1. The Bertz CT molecular complexity index is 546. The number of hydrogen-bond acceptors (Lipinski definition) is 4. The molecule has 0 amide bonds. The molecular formula is C18H25O4-. The van der Waals surface area contributed by atoms with Crippen LogP contribution in [0.4, 0.5) is 0 Å². The van der Waals surface area contributed by atoms with E-state index in [0.29, 0.717) is 25.7 Å². The van der Waals surface area contributed by atoms with Crippen molar-refractivity contribution in [2.45, 2.75) is 60.3 Å². The van der Waals surface area contributed by atoms with E-state index in [1.165, 1.54) is 0 Å². The van der Waals surface area contributed by atoms with Crippen LogP contribution in [-0.2, 0) is 14.4 Å². The number of allylic oxidation sites excluding steroid dienone is 2. The summed E-state index contributed by atoms with van der Waals surface area (Å²) < 4.78 is 0. The molecule has 2 aliphatic carbocycles. The number of carbonyl (C=O) groups is 3. The smallest absolute Gasteiger partial charge is 0.158 e. The Morgan fingerprint density at radius 3 is 1.82 bits per heavy atom. The summed E-state index contributed by atoms with van der Waals surface area (Å²) >= 11 is 0. The van der Waals surface area contributed by atoms with Crippen LogP contribution in [0.2, 0.25) is 0 Å². The van der Waals surface area contributed by atoms with E-state index >= 15 is 0 Å². The molecule has 0 N–H and O–H groups in total. The molecule has 122 valence electrons. The van der Waals surface area contributed by atoms with Crippen LogP contribution in [0.5, 0.6) is 0 Å². The molecule has 0 aromatic carbocycles. The number of hydrogen-bond donors (Lipinski definition) is 0. The first kappa shape index (κ1) is 16.9. The number of Topliss-reactive ketones (excluding diaryl/α,β-unsaturated/α-hetero) is 3. The highest BCUT2D eigenvalue weighted by molar-refractivity contribution is 6.07. The maximum atomic E-state index is 12.4. The molecule has 1 fully saturated rings. The molecule has 0 aliphatic heterocycles. The van der Waals surface area contributed by atoms with Gasteiger partial charge in [0, 0.05) is 25.2 Å². The van der Waals surface area contributed by atoms with Gasteiger partial charge in [0.15, 0.2) is 5.78 Å². The summed E-state index contributed by atoms with van der Waals surface area (Å²) in [6.07, 6.45) is 1.27. The van der Waals surface area contributed by atoms with Crippen LogP contribution >= 0.6 is 0 Å². The molecule has 0 aromatic heterocycles. The zero-order chi connectivity index (χ0) is 16.9. The summed E-state index contributed by atoms with van der Waals surface area (Å²) in [4.78, 5) is 37.1. The van der Waals surface area contributed by atoms with E-state index in [0.717, 1.165) is 0 Å². The van der Waals surface area contributed by atoms with Gasteiger partial charge in [-0.3, -0.25) is 14.4 Å². The maximum Gasteiger partial charge on any atom is 0.158 e. The van der Waals surface area contributed by atoms with Gasteiger partial charge in [-0.25, -0.2) is 0 Å². The second-order valence-electron chi connectivity index (χ2n) is 8.49. The standard InChI is InChI=1S/C18H26O4/c1-10(15-11(19)6-17(2,3)7-12(15)20)16-13(21)8-18(4,5)9-14(16)22/h10,15,21H,6-9H2,1-5H3/p-1. The number of carbonyl (C=O) groups excluding carboxylic acids is 3. The van der Waals surface area contributed by atoms with Crippen molar-refractivity contribution in [3.63, 3.8) is 0 Å². The topological polar surface area (TPSA) is 74.3 Å². The minimum absolute atomic E-state index is 0.133. The SMILES string of the molecule is CC(C1=C([O-])CC(C)(C)CC1=O)C1C(=O)CC(C)(C)CC1=O. The Balaban J connectivity index is 2.32. The van der Waals surface area contributed by atoms with E-state index < -0.39 is 11.8 Å². The minimum Gasteiger partial charge on any atom is -0.875 e.